The number of amides is 3. The van der Waals surface area contributed by atoms with Crippen molar-refractivity contribution in [3.8, 4) is 0 Å². The molecule has 7 nitrogen and oxygen atoms in total. The molecule has 1 heterocycles. The average Bonchev–Trinajstić information content (AvgIpc) is 3.03. The van der Waals surface area contributed by atoms with Gasteiger partial charge in [-0.1, -0.05) is 30.3 Å². The van der Waals surface area contributed by atoms with E-state index < -0.39 is 0 Å². The van der Waals surface area contributed by atoms with Gasteiger partial charge in [0.05, 0.1) is 13.1 Å². The number of benzene rings is 1. The number of hydrogen-bond donors (Lipinski definition) is 0. The molecule has 1 saturated heterocycles. The summed E-state index contributed by atoms with van der Waals surface area (Å²) in [4.78, 5) is 44.2. The Morgan fingerprint density at radius 1 is 0.935 bits per heavy atom. The van der Waals surface area contributed by atoms with Crippen LogP contribution in [0.15, 0.2) is 30.3 Å². The number of carbonyl (C=O) groups excluding carboxylic acids is 3. The van der Waals surface area contributed by atoms with Crippen LogP contribution in [0.2, 0.25) is 0 Å². The lowest BCUT2D eigenvalue weighted by atomic mass is 9.64. The third-order valence-corrected chi connectivity index (χ3v) is 7.33. The average molecular weight is 429 g/mol. The van der Waals surface area contributed by atoms with E-state index in [1.807, 2.05) is 6.07 Å². The maximum atomic E-state index is 12.8. The standard InChI is InChI=1S/C24H36N4O3/c1-25(2)21(30)16-27(5)22(31)17-28-18-23(15-20(28)29)11-13-24(14-12-23,26(3)4)19-9-7-6-8-10-19/h6-10H,11-18H2,1-5H3/t23-,24-. The molecule has 2 aliphatic rings. The molecule has 0 N–H and O–H groups in total. The maximum Gasteiger partial charge on any atom is 0.242 e. The summed E-state index contributed by atoms with van der Waals surface area (Å²) in [6.45, 7) is 0.710. The first-order chi connectivity index (χ1) is 14.6. The van der Waals surface area contributed by atoms with Crippen molar-refractivity contribution in [3.63, 3.8) is 0 Å². The third kappa shape index (κ3) is 4.76. The van der Waals surface area contributed by atoms with E-state index >= 15 is 0 Å². The molecule has 0 bridgehead atoms. The molecule has 1 spiro atoms. The third-order valence-electron chi connectivity index (χ3n) is 7.33. The predicted molar refractivity (Wildman–Crippen MR) is 120 cm³/mol. The molecule has 1 aliphatic carbocycles. The fraction of sp³-hybridized carbons (Fsp3) is 0.625. The minimum Gasteiger partial charge on any atom is -0.347 e. The number of likely N-dealkylation sites (tertiary alicyclic amines) is 1. The Kier molecular flexibility index (Phi) is 6.74. The van der Waals surface area contributed by atoms with E-state index in [1.165, 1.54) is 15.4 Å². The molecule has 0 aromatic heterocycles. The highest BCUT2D eigenvalue weighted by Crippen LogP contribution is 2.52. The van der Waals surface area contributed by atoms with Gasteiger partial charge in [0.2, 0.25) is 17.7 Å². The normalized spacial score (nSPS) is 25.9. The van der Waals surface area contributed by atoms with Gasteiger partial charge in [-0.2, -0.15) is 0 Å². The van der Waals surface area contributed by atoms with E-state index in [9.17, 15) is 14.4 Å². The second-order valence-electron chi connectivity index (χ2n) is 9.76. The molecule has 1 aromatic carbocycles. The lowest BCUT2D eigenvalue weighted by molar-refractivity contribution is -0.141. The quantitative estimate of drug-likeness (QED) is 0.693. The fourth-order valence-corrected chi connectivity index (χ4v) is 5.11. The van der Waals surface area contributed by atoms with E-state index in [0.717, 1.165) is 25.7 Å². The van der Waals surface area contributed by atoms with Crippen LogP contribution in [0.25, 0.3) is 0 Å². The monoisotopic (exact) mass is 428 g/mol. The molecule has 170 valence electrons. The summed E-state index contributed by atoms with van der Waals surface area (Å²) < 4.78 is 0. The maximum absolute atomic E-state index is 12.8. The van der Waals surface area contributed by atoms with Crippen molar-refractivity contribution in [3.05, 3.63) is 35.9 Å². The van der Waals surface area contributed by atoms with Crippen molar-refractivity contribution in [2.75, 3.05) is 54.9 Å². The van der Waals surface area contributed by atoms with Gasteiger partial charge < -0.3 is 14.7 Å². The Hall–Kier alpha value is -2.41. The zero-order valence-corrected chi connectivity index (χ0v) is 19.6. The first kappa shape index (κ1) is 23.3. The van der Waals surface area contributed by atoms with Gasteiger partial charge in [0.15, 0.2) is 0 Å². The van der Waals surface area contributed by atoms with Crippen LogP contribution in [0, 0.1) is 5.41 Å². The second-order valence-corrected chi connectivity index (χ2v) is 9.76. The van der Waals surface area contributed by atoms with Gasteiger partial charge in [-0.05, 0) is 50.8 Å². The summed E-state index contributed by atoms with van der Waals surface area (Å²) in [6.07, 6.45) is 4.43. The molecule has 2 fully saturated rings. The van der Waals surface area contributed by atoms with Crippen LogP contribution in [0.1, 0.15) is 37.7 Å². The topological polar surface area (TPSA) is 64.2 Å². The molecular formula is C24H36N4O3. The molecule has 1 aliphatic heterocycles. The summed E-state index contributed by atoms with van der Waals surface area (Å²) in [5.74, 6) is -0.269. The van der Waals surface area contributed by atoms with E-state index in [0.29, 0.717) is 13.0 Å². The molecule has 1 saturated carbocycles. The lowest BCUT2D eigenvalue weighted by Gasteiger charge is -2.48. The van der Waals surface area contributed by atoms with Crippen LogP contribution in [0.5, 0.6) is 0 Å². The van der Waals surface area contributed by atoms with Crippen molar-refractivity contribution in [1.29, 1.82) is 0 Å². The fourth-order valence-electron chi connectivity index (χ4n) is 5.11. The smallest absolute Gasteiger partial charge is 0.242 e. The Labute approximate surface area is 186 Å². The van der Waals surface area contributed by atoms with Gasteiger partial charge >= 0.3 is 0 Å². The predicted octanol–water partition coefficient (Wildman–Crippen LogP) is 1.78. The number of rotatable bonds is 6. The Bertz CT molecular complexity index is 813. The number of likely N-dealkylation sites (N-methyl/N-ethyl adjacent to an activating group) is 2. The number of nitrogens with zero attached hydrogens (tertiary/aromatic N) is 4. The van der Waals surface area contributed by atoms with E-state index in [4.69, 9.17) is 0 Å². The highest BCUT2D eigenvalue weighted by Gasteiger charge is 2.50. The van der Waals surface area contributed by atoms with E-state index in [1.54, 1.807) is 26.0 Å². The van der Waals surface area contributed by atoms with Gasteiger partial charge in [-0.3, -0.25) is 19.3 Å². The highest BCUT2D eigenvalue weighted by molar-refractivity contribution is 5.89. The SMILES string of the molecule is CN(C)C(=O)CN(C)C(=O)CN1C[C@]2(CC[C@](c3ccccc3)(N(C)C)CC2)CC1=O. The number of hydrogen-bond acceptors (Lipinski definition) is 4. The van der Waals surface area contributed by atoms with Crippen molar-refractivity contribution >= 4 is 17.7 Å². The summed E-state index contributed by atoms with van der Waals surface area (Å²) in [7, 11) is 9.23. The van der Waals surface area contributed by atoms with Gasteiger partial charge in [-0.25, -0.2) is 0 Å². The van der Waals surface area contributed by atoms with Crippen LogP contribution in [0.3, 0.4) is 0 Å². The van der Waals surface area contributed by atoms with Crippen LogP contribution in [-0.4, -0.2) is 92.2 Å². The van der Waals surface area contributed by atoms with Crippen molar-refractivity contribution in [2.24, 2.45) is 5.41 Å². The Morgan fingerprint density at radius 3 is 2.10 bits per heavy atom. The Balaban J connectivity index is 1.64. The molecule has 3 amide bonds. The van der Waals surface area contributed by atoms with Gasteiger partial charge in [0.1, 0.15) is 0 Å². The summed E-state index contributed by atoms with van der Waals surface area (Å²) in [5.41, 5.74) is 1.27. The molecule has 3 rings (SSSR count). The van der Waals surface area contributed by atoms with Gasteiger partial charge in [0.25, 0.3) is 0 Å². The minimum absolute atomic E-state index is 0.00838. The van der Waals surface area contributed by atoms with Crippen LogP contribution >= 0.6 is 0 Å². The van der Waals surface area contributed by atoms with Crippen LogP contribution in [0.4, 0.5) is 0 Å². The van der Waals surface area contributed by atoms with Crippen molar-refractivity contribution in [2.45, 2.75) is 37.6 Å². The molecule has 0 radical (unpaired) electrons. The second kappa shape index (κ2) is 8.99. The molecule has 0 atom stereocenters. The van der Waals surface area contributed by atoms with Gasteiger partial charge in [-0.15, -0.1) is 0 Å². The number of carbonyl (C=O) groups is 3. The summed E-state index contributed by atoms with van der Waals surface area (Å²) in [5, 5.41) is 0. The molecule has 1 aromatic rings. The molecule has 7 heteroatoms. The van der Waals surface area contributed by atoms with Crippen LogP contribution in [-0.2, 0) is 19.9 Å². The molecule has 0 unspecified atom stereocenters. The van der Waals surface area contributed by atoms with Gasteiger partial charge in [0, 0.05) is 39.6 Å². The van der Waals surface area contributed by atoms with Crippen molar-refractivity contribution < 1.29 is 14.4 Å². The summed E-state index contributed by atoms with van der Waals surface area (Å²) in [6, 6.07) is 10.6. The lowest BCUT2D eigenvalue weighted by Crippen LogP contribution is -2.48. The minimum atomic E-state index is -0.191. The molecule has 31 heavy (non-hydrogen) atoms. The zero-order chi connectivity index (χ0) is 22.8. The summed E-state index contributed by atoms with van der Waals surface area (Å²) >= 11 is 0. The first-order valence-electron chi connectivity index (χ1n) is 11.0. The first-order valence-corrected chi connectivity index (χ1v) is 11.0. The van der Waals surface area contributed by atoms with E-state index in [-0.39, 0.29) is 41.8 Å². The largest absolute Gasteiger partial charge is 0.347 e. The van der Waals surface area contributed by atoms with E-state index in [2.05, 4.69) is 43.3 Å². The zero-order valence-electron chi connectivity index (χ0n) is 19.6. The van der Waals surface area contributed by atoms with Crippen molar-refractivity contribution in [1.82, 2.24) is 19.6 Å². The van der Waals surface area contributed by atoms with Crippen LogP contribution < -0.4 is 0 Å². The molecular weight excluding hydrogens is 392 g/mol. The highest BCUT2D eigenvalue weighted by atomic mass is 16.2. The Morgan fingerprint density at radius 2 is 1.55 bits per heavy atom.